The van der Waals surface area contributed by atoms with Crippen molar-refractivity contribution < 1.29 is 9.47 Å². The average molecular weight is 235 g/mol. The smallest absolute Gasteiger partial charge is 0.161 e. The fourth-order valence-electron chi connectivity index (χ4n) is 2.31. The van der Waals surface area contributed by atoms with E-state index in [4.69, 9.17) is 9.47 Å². The first-order chi connectivity index (χ1) is 8.35. The second-order valence-electron chi connectivity index (χ2n) is 4.35. The molecule has 3 heteroatoms. The lowest BCUT2D eigenvalue weighted by Gasteiger charge is -2.24. The van der Waals surface area contributed by atoms with Crippen LogP contribution in [0.5, 0.6) is 11.5 Å². The molecule has 0 amide bonds. The Bertz CT molecular complexity index is 359. The molecule has 0 unspecified atom stereocenters. The van der Waals surface area contributed by atoms with E-state index in [1.807, 2.05) is 13.0 Å². The lowest BCUT2D eigenvalue weighted by atomic mass is 9.97. The minimum Gasteiger partial charge on any atom is -0.493 e. The van der Waals surface area contributed by atoms with Crippen molar-refractivity contribution in [3.63, 3.8) is 0 Å². The minimum absolute atomic E-state index is 0.466. The number of ether oxygens (including phenoxy) is 2. The Balaban J connectivity index is 2.17. The maximum absolute atomic E-state index is 5.52. The van der Waals surface area contributed by atoms with E-state index in [-0.39, 0.29) is 0 Å². The second kappa shape index (κ2) is 5.92. The summed E-state index contributed by atoms with van der Waals surface area (Å²) in [4.78, 5) is 0. The van der Waals surface area contributed by atoms with Gasteiger partial charge in [0, 0.05) is 6.04 Å². The summed E-state index contributed by atoms with van der Waals surface area (Å²) in [6.45, 7) is 3.76. The molecule has 1 aromatic rings. The van der Waals surface area contributed by atoms with E-state index in [1.165, 1.54) is 24.8 Å². The maximum atomic E-state index is 5.52. The summed E-state index contributed by atoms with van der Waals surface area (Å²) in [7, 11) is 1.69. The predicted octanol–water partition coefficient (Wildman–Crippen LogP) is 2.91. The summed E-state index contributed by atoms with van der Waals surface area (Å²) >= 11 is 0. The quantitative estimate of drug-likeness (QED) is 0.870. The molecule has 0 spiro atoms. The van der Waals surface area contributed by atoms with E-state index in [0.29, 0.717) is 12.6 Å². The Kier molecular flexibility index (Phi) is 4.26. The Hall–Kier alpha value is -1.22. The predicted molar refractivity (Wildman–Crippen MR) is 68.8 cm³/mol. The summed E-state index contributed by atoms with van der Waals surface area (Å²) in [6, 6.07) is 6.70. The first-order valence-electron chi connectivity index (χ1n) is 6.39. The zero-order valence-corrected chi connectivity index (χ0v) is 10.7. The summed E-state index contributed by atoms with van der Waals surface area (Å²) in [5.41, 5.74) is 1.30. The molecule has 1 N–H and O–H groups in total. The van der Waals surface area contributed by atoms with Gasteiger partial charge in [-0.2, -0.15) is 0 Å². The summed E-state index contributed by atoms with van der Waals surface area (Å²) in [5.74, 6) is 1.66. The van der Waals surface area contributed by atoms with Crippen molar-refractivity contribution in [2.75, 3.05) is 20.3 Å². The zero-order chi connectivity index (χ0) is 12.1. The molecule has 0 aliphatic carbocycles. The molecule has 1 aliphatic rings. The third kappa shape index (κ3) is 2.91. The van der Waals surface area contributed by atoms with E-state index in [2.05, 4.69) is 17.4 Å². The fraction of sp³-hybridized carbons (Fsp3) is 0.571. The Labute approximate surface area is 103 Å². The van der Waals surface area contributed by atoms with Gasteiger partial charge in [0.1, 0.15) is 0 Å². The molecule has 2 rings (SSSR count). The molecular formula is C14H21NO2. The molecule has 1 fully saturated rings. The number of hydrogen-bond donors (Lipinski definition) is 1. The molecule has 1 saturated heterocycles. The first-order valence-corrected chi connectivity index (χ1v) is 6.39. The number of methoxy groups -OCH3 is 1. The largest absolute Gasteiger partial charge is 0.493 e. The molecule has 3 nitrogen and oxygen atoms in total. The highest BCUT2D eigenvalue weighted by molar-refractivity contribution is 5.43. The van der Waals surface area contributed by atoms with Crippen molar-refractivity contribution in [1.29, 1.82) is 0 Å². The molecule has 1 heterocycles. The maximum Gasteiger partial charge on any atom is 0.161 e. The van der Waals surface area contributed by atoms with Crippen LogP contribution >= 0.6 is 0 Å². The lowest BCUT2D eigenvalue weighted by Crippen LogP contribution is -2.26. The van der Waals surface area contributed by atoms with Crippen molar-refractivity contribution in [3.05, 3.63) is 23.8 Å². The summed E-state index contributed by atoms with van der Waals surface area (Å²) in [5, 5.41) is 3.54. The number of nitrogens with one attached hydrogen (secondary N) is 1. The molecule has 1 aromatic carbocycles. The van der Waals surface area contributed by atoms with E-state index < -0.39 is 0 Å². The Morgan fingerprint density at radius 3 is 2.82 bits per heavy atom. The molecule has 1 atom stereocenters. The summed E-state index contributed by atoms with van der Waals surface area (Å²) in [6.07, 6.45) is 3.79. The van der Waals surface area contributed by atoms with Gasteiger partial charge >= 0.3 is 0 Å². The van der Waals surface area contributed by atoms with Crippen molar-refractivity contribution in [1.82, 2.24) is 5.32 Å². The third-order valence-electron chi connectivity index (χ3n) is 3.20. The van der Waals surface area contributed by atoms with Crippen molar-refractivity contribution in [2.45, 2.75) is 32.2 Å². The molecular weight excluding hydrogens is 214 g/mol. The molecule has 1 aliphatic heterocycles. The molecule has 0 bridgehead atoms. The van der Waals surface area contributed by atoms with Gasteiger partial charge < -0.3 is 14.8 Å². The Morgan fingerprint density at radius 1 is 1.29 bits per heavy atom. The first kappa shape index (κ1) is 12.2. The van der Waals surface area contributed by atoms with Crippen LogP contribution in [0.15, 0.2) is 18.2 Å². The van der Waals surface area contributed by atoms with Gasteiger partial charge in [-0.3, -0.25) is 0 Å². The third-order valence-corrected chi connectivity index (χ3v) is 3.20. The normalized spacial score (nSPS) is 20.0. The van der Waals surface area contributed by atoms with Gasteiger partial charge in [-0.05, 0) is 44.0 Å². The lowest BCUT2D eigenvalue weighted by molar-refractivity contribution is 0.310. The molecule has 0 aromatic heterocycles. The van der Waals surface area contributed by atoms with Gasteiger partial charge in [-0.1, -0.05) is 12.5 Å². The SMILES string of the molecule is CCOc1ccc([C@@H]2CCCCN2)cc1OC. The van der Waals surface area contributed by atoms with E-state index >= 15 is 0 Å². The van der Waals surface area contributed by atoms with Crippen LogP contribution in [0, 0.1) is 0 Å². The van der Waals surface area contributed by atoms with Gasteiger partial charge in [0.15, 0.2) is 11.5 Å². The highest BCUT2D eigenvalue weighted by atomic mass is 16.5. The van der Waals surface area contributed by atoms with Crippen LogP contribution in [0.1, 0.15) is 37.8 Å². The summed E-state index contributed by atoms with van der Waals surface area (Å²) < 4.78 is 10.9. The van der Waals surface area contributed by atoms with Crippen LogP contribution in [0.25, 0.3) is 0 Å². The minimum atomic E-state index is 0.466. The standard InChI is InChI=1S/C14H21NO2/c1-3-17-13-8-7-11(10-14(13)16-2)12-6-4-5-9-15-12/h7-8,10,12,15H,3-6,9H2,1-2H3/t12-/m0/s1. The topological polar surface area (TPSA) is 30.5 Å². The highest BCUT2D eigenvalue weighted by Crippen LogP contribution is 2.32. The molecule has 0 radical (unpaired) electrons. The fourth-order valence-corrected chi connectivity index (χ4v) is 2.31. The van der Waals surface area contributed by atoms with Crippen molar-refractivity contribution in [3.8, 4) is 11.5 Å². The van der Waals surface area contributed by atoms with Crippen LogP contribution in [0.3, 0.4) is 0 Å². The highest BCUT2D eigenvalue weighted by Gasteiger charge is 2.16. The number of benzene rings is 1. The van der Waals surface area contributed by atoms with Gasteiger partial charge in [-0.25, -0.2) is 0 Å². The second-order valence-corrected chi connectivity index (χ2v) is 4.35. The monoisotopic (exact) mass is 235 g/mol. The molecule has 0 saturated carbocycles. The molecule has 94 valence electrons. The van der Waals surface area contributed by atoms with Crippen LogP contribution in [0.2, 0.25) is 0 Å². The van der Waals surface area contributed by atoms with Crippen LogP contribution < -0.4 is 14.8 Å². The van der Waals surface area contributed by atoms with Crippen LogP contribution in [-0.4, -0.2) is 20.3 Å². The van der Waals surface area contributed by atoms with Gasteiger partial charge in [0.25, 0.3) is 0 Å². The van der Waals surface area contributed by atoms with E-state index in [0.717, 1.165) is 18.0 Å². The van der Waals surface area contributed by atoms with E-state index in [1.54, 1.807) is 7.11 Å². The van der Waals surface area contributed by atoms with Crippen LogP contribution in [-0.2, 0) is 0 Å². The number of piperidine rings is 1. The van der Waals surface area contributed by atoms with Crippen molar-refractivity contribution in [2.24, 2.45) is 0 Å². The van der Waals surface area contributed by atoms with Crippen LogP contribution in [0.4, 0.5) is 0 Å². The zero-order valence-electron chi connectivity index (χ0n) is 10.7. The average Bonchev–Trinajstić information content (AvgIpc) is 2.40. The number of rotatable bonds is 4. The van der Waals surface area contributed by atoms with Gasteiger partial charge in [-0.15, -0.1) is 0 Å². The van der Waals surface area contributed by atoms with Crippen molar-refractivity contribution >= 4 is 0 Å². The number of hydrogen-bond acceptors (Lipinski definition) is 3. The van der Waals surface area contributed by atoms with Gasteiger partial charge in [0.05, 0.1) is 13.7 Å². The molecule has 17 heavy (non-hydrogen) atoms. The Morgan fingerprint density at radius 2 is 2.18 bits per heavy atom. The van der Waals surface area contributed by atoms with E-state index in [9.17, 15) is 0 Å². The van der Waals surface area contributed by atoms with Gasteiger partial charge in [0.2, 0.25) is 0 Å².